The lowest BCUT2D eigenvalue weighted by atomic mass is 10.2. The number of nitrogen functional groups attached to an aromatic ring is 1. The van der Waals surface area contributed by atoms with E-state index in [-0.39, 0.29) is 11.7 Å². The highest BCUT2D eigenvalue weighted by Crippen LogP contribution is 2.11. The molecule has 0 saturated carbocycles. The Morgan fingerprint density at radius 2 is 2.43 bits per heavy atom. The maximum absolute atomic E-state index is 11.5. The summed E-state index contributed by atoms with van der Waals surface area (Å²) in [5.41, 5.74) is 6.55. The number of aromatic amines is 1. The summed E-state index contributed by atoms with van der Waals surface area (Å²) in [6.07, 6.45) is 0. The molecule has 0 aliphatic carbocycles. The monoisotopic (exact) mass is 258 g/mol. The van der Waals surface area contributed by atoms with E-state index >= 15 is 0 Å². The number of aromatic nitrogens is 2. The molecule has 0 aliphatic heterocycles. The van der Waals surface area contributed by atoms with Crippen LogP contribution in [0.4, 0.5) is 5.82 Å². The van der Waals surface area contributed by atoms with Crippen molar-refractivity contribution in [3.8, 4) is 0 Å². The van der Waals surface area contributed by atoms with Gasteiger partial charge in [0.15, 0.2) is 5.82 Å². The number of nitrogens with zero attached hydrogens (tertiary/aromatic N) is 1. The van der Waals surface area contributed by atoms with Gasteiger partial charge in [0.25, 0.3) is 5.91 Å². The Balaban J connectivity index is 2.74. The Morgan fingerprint density at radius 3 is 2.86 bits per heavy atom. The van der Waals surface area contributed by atoms with Crippen LogP contribution >= 0.6 is 15.9 Å². The lowest BCUT2D eigenvalue weighted by Crippen LogP contribution is -2.25. The molecule has 0 aliphatic rings. The minimum atomic E-state index is -0.255. The van der Waals surface area contributed by atoms with E-state index in [4.69, 9.17) is 5.73 Å². The predicted molar refractivity (Wildman–Crippen MR) is 58.1 cm³/mol. The smallest absolute Gasteiger partial charge is 0.257 e. The van der Waals surface area contributed by atoms with E-state index < -0.39 is 0 Å². The number of nitrogens with one attached hydrogen (secondary N) is 2. The molecule has 1 amide bonds. The van der Waals surface area contributed by atoms with Gasteiger partial charge in [0.05, 0.1) is 0 Å². The molecule has 1 aromatic heterocycles. The number of carbonyl (C=O) groups is 1. The summed E-state index contributed by atoms with van der Waals surface area (Å²) in [5, 5.41) is 9.00. The second kappa shape index (κ2) is 4.28. The van der Waals surface area contributed by atoms with Crippen LogP contribution < -0.4 is 11.1 Å². The molecule has 76 valence electrons. The third-order valence-electron chi connectivity index (χ3n) is 1.64. The molecule has 6 heteroatoms. The first-order valence-electron chi connectivity index (χ1n) is 3.94. The zero-order valence-corrected chi connectivity index (χ0v) is 9.31. The summed E-state index contributed by atoms with van der Waals surface area (Å²) in [5.74, 6) is -0.0467. The lowest BCUT2D eigenvalue weighted by molar-refractivity contribution is 0.0958. The molecule has 0 radical (unpaired) electrons. The van der Waals surface area contributed by atoms with Crippen molar-refractivity contribution in [2.45, 2.75) is 6.92 Å². The molecule has 1 rings (SSSR count). The second-order valence-corrected chi connectivity index (χ2v) is 3.93. The van der Waals surface area contributed by atoms with E-state index in [0.717, 1.165) is 0 Å². The Kier molecular flexibility index (Phi) is 3.29. The number of halogens is 1. The van der Waals surface area contributed by atoms with Crippen molar-refractivity contribution in [1.29, 1.82) is 0 Å². The van der Waals surface area contributed by atoms with Crippen LogP contribution in [0.15, 0.2) is 11.1 Å². The van der Waals surface area contributed by atoms with Gasteiger partial charge in [-0.3, -0.25) is 9.89 Å². The van der Waals surface area contributed by atoms with Crippen molar-refractivity contribution >= 4 is 27.7 Å². The van der Waals surface area contributed by atoms with Crippen molar-refractivity contribution in [2.24, 2.45) is 0 Å². The molecule has 1 aromatic rings. The quantitative estimate of drug-likeness (QED) is 0.755. The topological polar surface area (TPSA) is 83.8 Å². The molecule has 4 N–H and O–H groups in total. The summed E-state index contributed by atoms with van der Waals surface area (Å²) in [6.45, 7) is 5.70. The first kappa shape index (κ1) is 10.8. The minimum Gasteiger partial charge on any atom is -0.382 e. The van der Waals surface area contributed by atoms with E-state index in [1.165, 1.54) is 0 Å². The third-order valence-corrected chi connectivity index (χ3v) is 1.92. The van der Waals surface area contributed by atoms with Crippen molar-refractivity contribution in [3.05, 3.63) is 22.3 Å². The first-order chi connectivity index (χ1) is 6.52. The number of nitrogens with two attached hydrogens (primary N) is 1. The Labute approximate surface area is 89.9 Å². The number of aryl methyl sites for hydroxylation is 1. The molecule has 0 atom stereocenters. The van der Waals surface area contributed by atoms with E-state index in [0.29, 0.717) is 22.3 Å². The molecule has 0 bridgehead atoms. The van der Waals surface area contributed by atoms with Gasteiger partial charge in [-0.2, -0.15) is 5.10 Å². The van der Waals surface area contributed by atoms with Crippen molar-refractivity contribution in [1.82, 2.24) is 15.5 Å². The fourth-order valence-corrected chi connectivity index (χ4v) is 1.14. The predicted octanol–water partition coefficient (Wildman–Crippen LogP) is 0.939. The molecule has 0 saturated heterocycles. The van der Waals surface area contributed by atoms with E-state index in [1.807, 2.05) is 0 Å². The van der Waals surface area contributed by atoms with Crippen LogP contribution in [-0.2, 0) is 0 Å². The van der Waals surface area contributed by atoms with Crippen LogP contribution in [0.1, 0.15) is 16.1 Å². The zero-order chi connectivity index (χ0) is 10.7. The maximum Gasteiger partial charge on any atom is 0.257 e. The van der Waals surface area contributed by atoms with Crippen molar-refractivity contribution in [3.63, 3.8) is 0 Å². The molecule has 0 unspecified atom stereocenters. The van der Waals surface area contributed by atoms with Gasteiger partial charge in [0.2, 0.25) is 0 Å². The molecular weight excluding hydrogens is 248 g/mol. The number of rotatable bonds is 3. The average molecular weight is 259 g/mol. The van der Waals surface area contributed by atoms with Crippen LogP contribution in [0.25, 0.3) is 0 Å². The maximum atomic E-state index is 11.5. The van der Waals surface area contributed by atoms with Gasteiger partial charge < -0.3 is 11.1 Å². The minimum absolute atomic E-state index is 0.209. The summed E-state index contributed by atoms with van der Waals surface area (Å²) >= 11 is 3.14. The summed E-state index contributed by atoms with van der Waals surface area (Å²) in [4.78, 5) is 11.5. The molecule has 0 spiro atoms. The van der Waals surface area contributed by atoms with Crippen LogP contribution in [0.2, 0.25) is 0 Å². The first-order valence-corrected chi connectivity index (χ1v) is 4.73. The molecular formula is C8H11BrN4O. The van der Waals surface area contributed by atoms with Crippen molar-refractivity contribution in [2.75, 3.05) is 12.3 Å². The average Bonchev–Trinajstić information content (AvgIpc) is 2.42. The van der Waals surface area contributed by atoms with Crippen molar-refractivity contribution < 1.29 is 4.79 Å². The lowest BCUT2D eigenvalue weighted by Gasteiger charge is -2.03. The number of hydrogen-bond acceptors (Lipinski definition) is 3. The molecule has 0 aromatic carbocycles. The molecule has 0 fully saturated rings. The second-order valence-electron chi connectivity index (χ2n) is 2.81. The summed E-state index contributed by atoms with van der Waals surface area (Å²) in [7, 11) is 0. The van der Waals surface area contributed by atoms with Gasteiger partial charge >= 0.3 is 0 Å². The van der Waals surface area contributed by atoms with Gasteiger partial charge in [-0.1, -0.05) is 22.5 Å². The highest BCUT2D eigenvalue weighted by atomic mass is 79.9. The van der Waals surface area contributed by atoms with Crippen LogP contribution in [0.5, 0.6) is 0 Å². The van der Waals surface area contributed by atoms with E-state index in [2.05, 4.69) is 38.0 Å². The molecule has 1 heterocycles. The van der Waals surface area contributed by atoms with Gasteiger partial charge in [0.1, 0.15) is 5.56 Å². The van der Waals surface area contributed by atoms with Crippen LogP contribution in [0.3, 0.4) is 0 Å². The van der Waals surface area contributed by atoms with E-state index in [1.54, 1.807) is 6.92 Å². The summed E-state index contributed by atoms with van der Waals surface area (Å²) < 4.78 is 0.700. The zero-order valence-electron chi connectivity index (χ0n) is 7.72. The number of carbonyl (C=O) groups excluding carboxylic acids is 1. The Hall–Kier alpha value is -1.30. The van der Waals surface area contributed by atoms with Crippen LogP contribution in [-0.4, -0.2) is 22.6 Å². The Morgan fingerprint density at radius 1 is 1.79 bits per heavy atom. The fourth-order valence-electron chi connectivity index (χ4n) is 0.999. The normalized spacial score (nSPS) is 9.86. The SMILES string of the molecule is C=C(Br)CNC(=O)c1c(N)n[nH]c1C. The van der Waals surface area contributed by atoms with E-state index in [9.17, 15) is 4.79 Å². The van der Waals surface area contributed by atoms with Gasteiger partial charge in [-0.25, -0.2) is 0 Å². The number of amides is 1. The summed E-state index contributed by atoms with van der Waals surface area (Å²) in [6, 6.07) is 0. The largest absolute Gasteiger partial charge is 0.382 e. The van der Waals surface area contributed by atoms with Gasteiger partial charge in [-0.15, -0.1) is 0 Å². The third kappa shape index (κ3) is 2.35. The van der Waals surface area contributed by atoms with Crippen LogP contribution in [0, 0.1) is 6.92 Å². The van der Waals surface area contributed by atoms with Gasteiger partial charge in [-0.05, 0) is 6.92 Å². The number of hydrogen-bond donors (Lipinski definition) is 3. The van der Waals surface area contributed by atoms with Gasteiger partial charge in [0, 0.05) is 16.7 Å². The number of anilines is 1. The highest BCUT2D eigenvalue weighted by Gasteiger charge is 2.15. The highest BCUT2D eigenvalue weighted by molar-refractivity contribution is 9.11. The fraction of sp³-hybridized carbons (Fsp3) is 0.250. The standard InChI is InChI=1S/C8H11BrN4O/c1-4(9)3-11-8(14)6-5(2)12-13-7(6)10/h1,3H2,2H3,(H,11,14)(H3,10,12,13). The molecule has 5 nitrogen and oxygen atoms in total. The number of H-pyrrole nitrogens is 1. The Bertz CT molecular complexity index is 352. The molecule has 14 heavy (non-hydrogen) atoms.